The van der Waals surface area contributed by atoms with Crippen molar-refractivity contribution >= 4 is 5.82 Å². The van der Waals surface area contributed by atoms with E-state index in [0.29, 0.717) is 12.4 Å². The third kappa shape index (κ3) is 3.72. The SMILES string of the molecule is CC(O)CN(C)Cc1ccc(N)nc1. The van der Waals surface area contributed by atoms with E-state index in [2.05, 4.69) is 4.98 Å². The van der Waals surface area contributed by atoms with Crippen molar-refractivity contribution in [1.29, 1.82) is 0 Å². The molecule has 1 rings (SSSR count). The van der Waals surface area contributed by atoms with Crippen LogP contribution < -0.4 is 5.73 Å². The molecule has 0 bridgehead atoms. The van der Waals surface area contributed by atoms with Crippen LogP contribution in [0, 0.1) is 0 Å². The summed E-state index contributed by atoms with van der Waals surface area (Å²) in [6.45, 7) is 3.21. The average molecular weight is 195 g/mol. The molecule has 4 heteroatoms. The van der Waals surface area contributed by atoms with Gasteiger partial charge in [0.25, 0.3) is 0 Å². The van der Waals surface area contributed by atoms with Gasteiger partial charge >= 0.3 is 0 Å². The zero-order valence-electron chi connectivity index (χ0n) is 8.64. The van der Waals surface area contributed by atoms with Crippen LogP contribution in [0.3, 0.4) is 0 Å². The van der Waals surface area contributed by atoms with Crippen LogP contribution in [0.25, 0.3) is 0 Å². The van der Waals surface area contributed by atoms with Crippen LogP contribution in [0.15, 0.2) is 18.3 Å². The van der Waals surface area contributed by atoms with Crippen molar-refractivity contribution in [3.63, 3.8) is 0 Å². The van der Waals surface area contributed by atoms with Gasteiger partial charge in [0.1, 0.15) is 5.82 Å². The standard InChI is InChI=1S/C10H17N3O/c1-8(14)6-13(2)7-9-3-4-10(11)12-5-9/h3-5,8,14H,6-7H2,1-2H3,(H2,11,12). The number of nitrogen functional groups attached to an aromatic ring is 1. The van der Waals surface area contributed by atoms with E-state index in [1.807, 2.05) is 18.0 Å². The van der Waals surface area contributed by atoms with E-state index in [0.717, 1.165) is 12.1 Å². The largest absolute Gasteiger partial charge is 0.392 e. The van der Waals surface area contributed by atoms with Crippen molar-refractivity contribution in [2.24, 2.45) is 0 Å². The molecule has 4 nitrogen and oxygen atoms in total. The van der Waals surface area contributed by atoms with Gasteiger partial charge in [-0.05, 0) is 25.6 Å². The van der Waals surface area contributed by atoms with Crippen molar-refractivity contribution in [2.45, 2.75) is 19.6 Å². The Labute approximate surface area is 84.4 Å². The fourth-order valence-electron chi connectivity index (χ4n) is 1.36. The lowest BCUT2D eigenvalue weighted by Crippen LogP contribution is -2.26. The third-order valence-electron chi connectivity index (χ3n) is 1.88. The van der Waals surface area contributed by atoms with Crippen molar-refractivity contribution in [3.05, 3.63) is 23.9 Å². The lowest BCUT2D eigenvalue weighted by atomic mass is 10.2. The minimum Gasteiger partial charge on any atom is -0.392 e. The number of hydrogen-bond donors (Lipinski definition) is 2. The molecule has 0 fully saturated rings. The molecule has 0 aliphatic heterocycles. The Balaban J connectivity index is 2.47. The monoisotopic (exact) mass is 195 g/mol. The molecule has 0 radical (unpaired) electrons. The summed E-state index contributed by atoms with van der Waals surface area (Å²) in [5.41, 5.74) is 6.57. The number of nitrogens with zero attached hydrogens (tertiary/aromatic N) is 2. The van der Waals surface area contributed by atoms with E-state index < -0.39 is 0 Å². The molecular weight excluding hydrogens is 178 g/mol. The van der Waals surface area contributed by atoms with Gasteiger partial charge in [0.15, 0.2) is 0 Å². The zero-order valence-corrected chi connectivity index (χ0v) is 8.64. The summed E-state index contributed by atoms with van der Waals surface area (Å²) < 4.78 is 0. The average Bonchev–Trinajstić information content (AvgIpc) is 2.07. The predicted molar refractivity (Wildman–Crippen MR) is 56.7 cm³/mol. The van der Waals surface area contributed by atoms with Gasteiger partial charge in [0, 0.05) is 19.3 Å². The number of aliphatic hydroxyl groups is 1. The van der Waals surface area contributed by atoms with E-state index in [9.17, 15) is 0 Å². The van der Waals surface area contributed by atoms with Gasteiger partial charge in [-0.1, -0.05) is 6.07 Å². The van der Waals surface area contributed by atoms with Crippen LogP contribution in [0.5, 0.6) is 0 Å². The second-order valence-electron chi connectivity index (χ2n) is 3.64. The molecule has 0 aliphatic rings. The summed E-state index contributed by atoms with van der Waals surface area (Å²) in [7, 11) is 1.96. The van der Waals surface area contributed by atoms with Gasteiger partial charge in [-0.25, -0.2) is 4.98 Å². The van der Waals surface area contributed by atoms with E-state index >= 15 is 0 Å². The number of nitrogens with two attached hydrogens (primary N) is 1. The van der Waals surface area contributed by atoms with E-state index in [4.69, 9.17) is 10.8 Å². The zero-order chi connectivity index (χ0) is 10.6. The molecule has 3 N–H and O–H groups in total. The van der Waals surface area contributed by atoms with Crippen molar-refractivity contribution in [2.75, 3.05) is 19.3 Å². The van der Waals surface area contributed by atoms with Crippen LogP contribution in [0.2, 0.25) is 0 Å². The van der Waals surface area contributed by atoms with Gasteiger partial charge in [-0.2, -0.15) is 0 Å². The lowest BCUT2D eigenvalue weighted by molar-refractivity contribution is 0.138. The summed E-state index contributed by atoms with van der Waals surface area (Å²) >= 11 is 0. The fourth-order valence-corrected chi connectivity index (χ4v) is 1.36. The maximum atomic E-state index is 9.17. The fraction of sp³-hybridized carbons (Fsp3) is 0.500. The van der Waals surface area contributed by atoms with Gasteiger partial charge in [0.2, 0.25) is 0 Å². The maximum Gasteiger partial charge on any atom is 0.123 e. The highest BCUT2D eigenvalue weighted by molar-refractivity contribution is 5.29. The predicted octanol–water partition coefficient (Wildman–Crippen LogP) is 0.476. The van der Waals surface area contributed by atoms with Gasteiger partial charge in [-0.15, -0.1) is 0 Å². The molecule has 0 saturated heterocycles. The normalized spacial score (nSPS) is 13.1. The molecule has 78 valence electrons. The van der Waals surface area contributed by atoms with Gasteiger partial charge < -0.3 is 10.8 Å². The molecule has 0 aromatic carbocycles. The Morgan fingerprint density at radius 2 is 2.29 bits per heavy atom. The van der Waals surface area contributed by atoms with E-state index in [1.165, 1.54) is 0 Å². The number of aliphatic hydroxyl groups excluding tert-OH is 1. The molecule has 1 aromatic rings. The number of hydrogen-bond acceptors (Lipinski definition) is 4. The number of anilines is 1. The van der Waals surface area contributed by atoms with Crippen LogP contribution >= 0.6 is 0 Å². The molecule has 0 amide bonds. The first kappa shape index (κ1) is 10.9. The van der Waals surface area contributed by atoms with Crippen molar-refractivity contribution < 1.29 is 5.11 Å². The Kier molecular flexibility index (Phi) is 3.85. The third-order valence-corrected chi connectivity index (χ3v) is 1.88. The first-order valence-corrected chi connectivity index (χ1v) is 4.65. The first-order valence-electron chi connectivity index (χ1n) is 4.65. The summed E-state index contributed by atoms with van der Waals surface area (Å²) in [6.07, 6.45) is 1.45. The molecule has 0 spiro atoms. The highest BCUT2D eigenvalue weighted by Gasteiger charge is 2.03. The molecule has 0 aliphatic carbocycles. The highest BCUT2D eigenvalue weighted by Crippen LogP contribution is 2.04. The molecule has 1 heterocycles. The summed E-state index contributed by atoms with van der Waals surface area (Å²) in [5, 5.41) is 9.17. The van der Waals surface area contributed by atoms with Crippen LogP contribution in [-0.4, -0.2) is 34.7 Å². The molecule has 0 saturated carbocycles. The number of pyridine rings is 1. The maximum absolute atomic E-state index is 9.17. The van der Waals surface area contributed by atoms with E-state index in [1.54, 1.807) is 19.2 Å². The summed E-state index contributed by atoms with van der Waals surface area (Å²) in [6, 6.07) is 3.73. The van der Waals surface area contributed by atoms with Gasteiger partial charge in [0.05, 0.1) is 6.10 Å². The first-order chi connectivity index (χ1) is 6.58. The number of likely N-dealkylation sites (N-methyl/N-ethyl adjacent to an activating group) is 1. The Bertz CT molecular complexity index is 271. The second kappa shape index (κ2) is 4.93. The Morgan fingerprint density at radius 1 is 1.57 bits per heavy atom. The Hall–Kier alpha value is -1.13. The van der Waals surface area contributed by atoms with Crippen LogP contribution in [0.4, 0.5) is 5.82 Å². The molecule has 1 aromatic heterocycles. The molecule has 1 atom stereocenters. The second-order valence-corrected chi connectivity index (χ2v) is 3.64. The Morgan fingerprint density at radius 3 is 2.79 bits per heavy atom. The topological polar surface area (TPSA) is 62.4 Å². The molecule has 1 unspecified atom stereocenters. The lowest BCUT2D eigenvalue weighted by Gasteiger charge is -2.17. The summed E-state index contributed by atoms with van der Waals surface area (Å²) in [4.78, 5) is 6.04. The summed E-state index contributed by atoms with van der Waals surface area (Å²) in [5.74, 6) is 0.534. The quantitative estimate of drug-likeness (QED) is 0.733. The van der Waals surface area contributed by atoms with Crippen molar-refractivity contribution in [1.82, 2.24) is 9.88 Å². The number of rotatable bonds is 4. The van der Waals surface area contributed by atoms with Crippen LogP contribution in [0.1, 0.15) is 12.5 Å². The highest BCUT2D eigenvalue weighted by atomic mass is 16.3. The van der Waals surface area contributed by atoms with Crippen LogP contribution in [-0.2, 0) is 6.54 Å². The van der Waals surface area contributed by atoms with Crippen molar-refractivity contribution in [3.8, 4) is 0 Å². The minimum atomic E-state index is -0.304. The minimum absolute atomic E-state index is 0.304. The van der Waals surface area contributed by atoms with Gasteiger partial charge in [-0.3, -0.25) is 4.90 Å². The number of aromatic nitrogens is 1. The smallest absolute Gasteiger partial charge is 0.123 e. The molecular formula is C10H17N3O. The van der Waals surface area contributed by atoms with E-state index in [-0.39, 0.29) is 6.10 Å². The molecule has 14 heavy (non-hydrogen) atoms.